The van der Waals surface area contributed by atoms with Gasteiger partial charge in [-0.1, -0.05) is 18.2 Å². The highest BCUT2D eigenvalue weighted by Gasteiger charge is 2.08. The molecule has 0 heterocycles. The van der Waals surface area contributed by atoms with Crippen LogP contribution < -0.4 is 5.32 Å². The molecule has 0 saturated carbocycles. The lowest BCUT2D eigenvalue weighted by Gasteiger charge is -2.11. The summed E-state index contributed by atoms with van der Waals surface area (Å²) in [5.41, 5.74) is 2.57. The molecule has 2 rings (SSSR count). The van der Waals surface area contributed by atoms with E-state index in [-0.39, 0.29) is 0 Å². The molecule has 0 fully saturated rings. The number of hydrogen-bond donors (Lipinski definition) is 1. The van der Waals surface area contributed by atoms with Crippen LogP contribution in [0.5, 0.6) is 0 Å². The van der Waals surface area contributed by atoms with E-state index in [1.54, 1.807) is 11.8 Å². The molecule has 0 bridgehead atoms. The number of halogens is 1. The number of nitrogens with one attached hydrogen (secondary N) is 1. The van der Waals surface area contributed by atoms with Gasteiger partial charge in [0.2, 0.25) is 0 Å². The number of hydrogen-bond acceptors (Lipinski definition) is 3. The van der Waals surface area contributed by atoms with E-state index in [4.69, 9.17) is 0 Å². The fraction of sp³-hybridized carbons (Fsp3) is 0.0714. The van der Waals surface area contributed by atoms with Crippen molar-refractivity contribution >= 4 is 45.7 Å². The predicted molar refractivity (Wildman–Crippen MR) is 85.4 cm³/mol. The third kappa shape index (κ3) is 2.79. The molecule has 0 amide bonds. The fourth-order valence-electron chi connectivity index (χ4n) is 1.63. The zero-order valence-corrected chi connectivity index (χ0v) is 12.7. The van der Waals surface area contributed by atoms with Crippen molar-refractivity contribution < 1.29 is 0 Å². The molecule has 0 aliphatic heterocycles. The minimum absolute atomic E-state index is 0.699. The molecule has 1 N–H and O–H groups in total. The Morgan fingerprint density at radius 2 is 1.83 bits per heavy atom. The summed E-state index contributed by atoms with van der Waals surface area (Å²) in [4.78, 5) is 0.994. The maximum absolute atomic E-state index is 9.27. The van der Waals surface area contributed by atoms with Gasteiger partial charge in [-0.25, -0.2) is 0 Å². The van der Waals surface area contributed by atoms with Gasteiger partial charge in [-0.3, -0.25) is 0 Å². The third-order valence-corrected chi connectivity index (χ3v) is 4.22. The second-order valence-corrected chi connectivity index (χ2v) is 5.61. The molecule has 4 heteroatoms. The Balaban J connectivity index is 2.42. The summed E-state index contributed by atoms with van der Waals surface area (Å²) < 4.78 is 1.13. The molecule has 90 valence electrons. The van der Waals surface area contributed by atoms with E-state index in [1.165, 1.54) is 0 Å². The first-order valence-electron chi connectivity index (χ1n) is 5.35. The van der Waals surface area contributed by atoms with Gasteiger partial charge in [0.25, 0.3) is 0 Å². The maximum atomic E-state index is 9.27. The molecule has 0 unspecified atom stereocenters. The molecule has 0 aromatic heterocycles. The van der Waals surface area contributed by atoms with Crippen LogP contribution in [0.2, 0.25) is 0 Å². The van der Waals surface area contributed by atoms with Crippen molar-refractivity contribution in [1.29, 1.82) is 5.26 Å². The summed E-state index contributed by atoms with van der Waals surface area (Å²) in [6.07, 6.45) is 1.98. The number of benzene rings is 2. The van der Waals surface area contributed by atoms with E-state index in [2.05, 4.69) is 34.0 Å². The van der Waals surface area contributed by atoms with Crippen LogP contribution in [0.25, 0.3) is 0 Å². The number of thioether (sulfide) groups is 1. The molecule has 0 saturated heterocycles. The van der Waals surface area contributed by atoms with Crippen LogP contribution in [0.4, 0.5) is 11.4 Å². The highest BCUT2D eigenvalue weighted by atomic mass is 127. The molecule has 2 aromatic rings. The summed E-state index contributed by atoms with van der Waals surface area (Å²) >= 11 is 3.86. The number of anilines is 2. The molecule has 0 aliphatic rings. The van der Waals surface area contributed by atoms with Crippen molar-refractivity contribution in [3.63, 3.8) is 0 Å². The van der Waals surface area contributed by atoms with Crippen LogP contribution in [0.3, 0.4) is 0 Å². The van der Waals surface area contributed by atoms with Gasteiger partial charge in [-0.2, -0.15) is 5.26 Å². The Kier molecular flexibility index (Phi) is 4.50. The van der Waals surface area contributed by atoms with Crippen LogP contribution >= 0.6 is 34.4 Å². The SMILES string of the molecule is CSc1cccc(Nc2ccccc2I)c1C#N. The normalized spacial score (nSPS) is 9.83. The summed E-state index contributed by atoms with van der Waals surface area (Å²) in [5, 5.41) is 12.6. The standard InChI is InChI=1S/C14H11IN2S/c1-18-14-8-4-7-12(10(14)9-16)17-13-6-3-2-5-11(13)15/h2-8,17H,1H3. The number of nitrogens with zero attached hydrogens (tertiary/aromatic N) is 1. The van der Waals surface area contributed by atoms with E-state index < -0.39 is 0 Å². The second kappa shape index (κ2) is 6.12. The largest absolute Gasteiger partial charge is 0.354 e. The van der Waals surface area contributed by atoms with Gasteiger partial charge >= 0.3 is 0 Å². The molecule has 2 aromatic carbocycles. The van der Waals surface area contributed by atoms with Crippen LogP contribution in [-0.4, -0.2) is 6.26 Å². The van der Waals surface area contributed by atoms with Crippen molar-refractivity contribution in [2.75, 3.05) is 11.6 Å². The Hall–Kier alpha value is -1.19. The smallest absolute Gasteiger partial charge is 0.103 e. The van der Waals surface area contributed by atoms with Crippen LogP contribution in [0, 0.1) is 14.9 Å². The van der Waals surface area contributed by atoms with Crippen LogP contribution in [-0.2, 0) is 0 Å². The average molecular weight is 366 g/mol. The number of para-hydroxylation sites is 1. The molecular weight excluding hydrogens is 355 g/mol. The predicted octanol–water partition coefficient (Wildman–Crippen LogP) is 4.63. The Bertz CT molecular complexity index is 605. The van der Waals surface area contributed by atoms with Crippen molar-refractivity contribution in [1.82, 2.24) is 0 Å². The Morgan fingerprint density at radius 3 is 2.50 bits per heavy atom. The average Bonchev–Trinajstić information content (AvgIpc) is 2.41. The van der Waals surface area contributed by atoms with Gasteiger partial charge in [0.15, 0.2) is 0 Å². The first-order chi connectivity index (χ1) is 8.76. The Labute approximate surface area is 125 Å². The minimum atomic E-state index is 0.699. The number of rotatable bonds is 3. The topological polar surface area (TPSA) is 35.8 Å². The monoisotopic (exact) mass is 366 g/mol. The van der Waals surface area contributed by atoms with Crippen molar-refractivity contribution in [2.45, 2.75) is 4.90 Å². The first kappa shape index (κ1) is 13.2. The molecular formula is C14H11IN2S. The highest BCUT2D eigenvalue weighted by molar-refractivity contribution is 14.1. The molecule has 0 atom stereocenters. The lowest BCUT2D eigenvalue weighted by Crippen LogP contribution is -1.96. The lowest BCUT2D eigenvalue weighted by molar-refractivity contribution is 1.35. The van der Waals surface area contributed by atoms with Gasteiger partial charge in [0.05, 0.1) is 16.9 Å². The summed E-state index contributed by atoms with van der Waals surface area (Å²) in [6, 6.07) is 16.1. The zero-order chi connectivity index (χ0) is 13.0. The van der Waals surface area contributed by atoms with Crippen molar-refractivity contribution in [2.24, 2.45) is 0 Å². The van der Waals surface area contributed by atoms with E-state index >= 15 is 0 Å². The minimum Gasteiger partial charge on any atom is -0.354 e. The molecule has 0 aliphatic carbocycles. The molecule has 18 heavy (non-hydrogen) atoms. The van der Waals surface area contributed by atoms with Crippen molar-refractivity contribution in [3.05, 3.63) is 51.6 Å². The molecule has 0 spiro atoms. The fourth-order valence-corrected chi connectivity index (χ4v) is 2.73. The van der Waals surface area contributed by atoms with Gasteiger partial charge in [-0.15, -0.1) is 11.8 Å². The van der Waals surface area contributed by atoms with Gasteiger partial charge < -0.3 is 5.32 Å². The maximum Gasteiger partial charge on any atom is 0.103 e. The summed E-state index contributed by atoms with van der Waals surface area (Å²) in [5.74, 6) is 0. The summed E-state index contributed by atoms with van der Waals surface area (Å²) in [7, 11) is 0. The third-order valence-electron chi connectivity index (χ3n) is 2.50. The van der Waals surface area contributed by atoms with Gasteiger partial charge in [0.1, 0.15) is 6.07 Å². The number of nitriles is 1. The zero-order valence-electron chi connectivity index (χ0n) is 9.77. The van der Waals surface area contributed by atoms with Crippen molar-refractivity contribution in [3.8, 4) is 6.07 Å². The van der Waals surface area contributed by atoms with E-state index in [0.29, 0.717) is 5.56 Å². The quantitative estimate of drug-likeness (QED) is 0.636. The van der Waals surface area contributed by atoms with Gasteiger partial charge in [-0.05, 0) is 53.1 Å². The lowest BCUT2D eigenvalue weighted by atomic mass is 10.2. The highest BCUT2D eigenvalue weighted by Crippen LogP contribution is 2.29. The second-order valence-electron chi connectivity index (χ2n) is 3.60. The summed E-state index contributed by atoms with van der Waals surface area (Å²) in [6.45, 7) is 0. The molecule has 2 nitrogen and oxygen atoms in total. The first-order valence-corrected chi connectivity index (χ1v) is 7.65. The van der Waals surface area contributed by atoms with E-state index in [0.717, 1.165) is 19.8 Å². The van der Waals surface area contributed by atoms with E-state index in [9.17, 15) is 5.26 Å². The van der Waals surface area contributed by atoms with E-state index in [1.807, 2.05) is 48.7 Å². The molecule has 0 radical (unpaired) electrons. The van der Waals surface area contributed by atoms with Crippen LogP contribution in [0.1, 0.15) is 5.56 Å². The van der Waals surface area contributed by atoms with Gasteiger partial charge in [0, 0.05) is 8.47 Å². The van der Waals surface area contributed by atoms with Crippen LogP contribution in [0.15, 0.2) is 47.4 Å². The Morgan fingerprint density at radius 1 is 1.11 bits per heavy atom.